The highest BCUT2D eigenvalue weighted by Gasteiger charge is 2.25. The summed E-state index contributed by atoms with van der Waals surface area (Å²) in [6.07, 6.45) is 7.74. The monoisotopic (exact) mass is 288 g/mol. The second kappa shape index (κ2) is 5.63. The zero-order chi connectivity index (χ0) is 14.8. The van der Waals surface area contributed by atoms with Gasteiger partial charge >= 0.3 is 0 Å². The number of nitro benzene ring substituents is 1. The lowest BCUT2D eigenvalue weighted by Crippen LogP contribution is -2.42. The van der Waals surface area contributed by atoms with Crippen LogP contribution < -0.4 is 10.6 Å². The second-order valence-corrected chi connectivity index (χ2v) is 5.63. The Balaban J connectivity index is 1.68. The van der Waals surface area contributed by atoms with Gasteiger partial charge in [0.2, 0.25) is 0 Å². The minimum absolute atomic E-state index is 0.00269. The van der Waals surface area contributed by atoms with Crippen molar-refractivity contribution in [3.63, 3.8) is 0 Å². The maximum absolute atomic E-state index is 11.0. The average Bonchev–Trinajstić information content (AvgIpc) is 3.02. The molecule has 2 heterocycles. The molecule has 0 spiro atoms. The topological polar surface area (TPSA) is 75.6 Å². The number of nitrogen functional groups attached to an aromatic ring is 1. The van der Waals surface area contributed by atoms with Gasteiger partial charge in [0.15, 0.2) is 0 Å². The molecular formula is C15H20N4O2. The van der Waals surface area contributed by atoms with Crippen molar-refractivity contribution in [1.82, 2.24) is 4.90 Å². The number of nitro groups is 1. The SMILES string of the molecule is Nc1ccc(N2CCC(N3C=CCC3)CC2)cc1[N+](=O)[O-]. The summed E-state index contributed by atoms with van der Waals surface area (Å²) in [6, 6.07) is 5.69. The minimum atomic E-state index is -0.416. The second-order valence-electron chi connectivity index (χ2n) is 5.63. The van der Waals surface area contributed by atoms with Gasteiger partial charge < -0.3 is 15.5 Å². The van der Waals surface area contributed by atoms with Crippen molar-refractivity contribution in [3.05, 3.63) is 40.6 Å². The number of nitrogens with zero attached hydrogens (tertiary/aromatic N) is 3. The molecule has 0 aromatic heterocycles. The van der Waals surface area contributed by atoms with Gasteiger partial charge in [-0.2, -0.15) is 0 Å². The molecule has 1 aromatic carbocycles. The number of hydrogen-bond acceptors (Lipinski definition) is 5. The van der Waals surface area contributed by atoms with Crippen molar-refractivity contribution in [2.24, 2.45) is 0 Å². The summed E-state index contributed by atoms with van der Waals surface area (Å²) in [5.74, 6) is 0. The van der Waals surface area contributed by atoms with Crippen LogP contribution in [0.25, 0.3) is 0 Å². The first-order valence-electron chi connectivity index (χ1n) is 7.36. The molecule has 1 fully saturated rings. The third-order valence-electron chi connectivity index (χ3n) is 4.36. The third-order valence-corrected chi connectivity index (χ3v) is 4.36. The molecule has 6 heteroatoms. The Kier molecular flexibility index (Phi) is 3.68. The fourth-order valence-corrected chi connectivity index (χ4v) is 3.15. The van der Waals surface area contributed by atoms with Crippen LogP contribution in [0.3, 0.4) is 0 Å². The predicted molar refractivity (Wildman–Crippen MR) is 83.2 cm³/mol. The number of hydrogen-bond donors (Lipinski definition) is 1. The van der Waals surface area contributed by atoms with Crippen LogP contribution in [-0.4, -0.2) is 35.5 Å². The highest BCUT2D eigenvalue weighted by atomic mass is 16.6. The molecule has 0 radical (unpaired) electrons. The van der Waals surface area contributed by atoms with Gasteiger partial charge in [-0.3, -0.25) is 10.1 Å². The maximum Gasteiger partial charge on any atom is 0.294 e. The Labute approximate surface area is 124 Å². The van der Waals surface area contributed by atoms with Crippen LogP contribution in [0, 0.1) is 10.1 Å². The van der Waals surface area contributed by atoms with E-state index in [1.807, 2.05) is 6.07 Å². The van der Waals surface area contributed by atoms with Crippen LogP contribution in [0.15, 0.2) is 30.5 Å². The van der Waals surface area contributed by atoms with E-state index in [9.17, 15) is 10.1 Å². The Morgan fingerprint density at radius 3 is 2.62 bits per heavy atom. The lowest BCUT2D eigenvalue weighted by atomic mass is 10.0. The van der Waals surface area contributed by atoms with Gasteiger partial charge in [-0.1, -0.05) is 6.08 Å². The maximum atomic E-state index is 11.0. The van der Waals surface area contributed by atoms with Crippen LogP contribution in [-0.2, 0) is 0 Å². The van der Waals surface area contributed by atoms with E-state index in [1.165, 1.54) is 0 Å². The predicted octanol–water partition coefficient (Wildman–Crippen LogP) is 2.37. The smallest absolute Gasteiger partial charge is 0.294 e. The van der Waals surface area contributed by atoms with Crippen molar-refractivity contribution in [1.29, 1.82) is 0 Å². The molecule has 0 bridgehead atoms. The van der Waals surface area contributed by atoms with Crippen molar-refractivity contribution in [2.75, 3.05) is 30.3 Å². The minimum Gasteiger partial charge on any atom is -0.393 e. The van der Waals surface area contributed by atoms with Crippen LogP contribution in [0.5, 0.6) is 0 Å². The summed E-state index contributed by atoms with van der Waals surface area (Å²) in [6.45, 7) is 2.98. The van der Waals surface area contributed by atoms with Crippen molar-refractivity contribution >= 4 is 17.1 Å². The van der Waals surface area contributed by atoms with Gasteiger partial charge in [-0.25, -0.2) is 0 Å². The number of rotatable bonds is 3. The summed E-state index contributed by atoms with van der Waals surface area (Å²) in [5, 5.41) is 11.0. The lowest BCUT2D eigenvalue weighted by molar-refractivity contribution is -0.383. The average molecular weight is 288 g/mol. The molecular weight excluding hydrogens is 268 g/mol. The number of anilines is 2. The Hall–Kier alpha value is -2.24. The first kappa shape index (κ1) is 13.7. The van der Waals surface area contributed by atoms with E-state index in [4.69, 9.17) is 5.73 Å². The molecule has 1 saturated heterocycles. The molecule has 0 saturated carbocycles. The summed E-state index contributed by atoms with van der Waals surface area (Å²) >= 11 is 0. The van der Waals surface area contributed by atoms with E-state index < -0.39 is 4.92 Å². The van der Waals surface area contributed by atoms with Gasteiger partial charge in [0.25, 0.3) is 5.69 Å². The van der Waals surface area contributed by atoms with Crippen molar-refractivity contribution < 1.29 is 4.92 Å². The van der Waals surface area contributed by atoms with E-state index in [-0.39, 0.29) is 11.4 Å². The van der Waals surface area contributed by atoms with E-state index in [0.29, 0.717) is 6.04 Å². The number of nitrogens with two attached hydrogens (primary N) is 1. The highest BCUT2D eigenvalue weighted by molar-refractivity contribution is 5.66. The van der Waals surface area contributed by atoms with E-state index in [2.05, 4.69) is 22.1 Å². The molecule has 2 aliphatic rings. The first-order chi connectivity index (χ1) is 10.1. The summed E-state index contributed by atoms with van der Waals surface area (Å²) in [4.78, 5) is 15.2. The summed E-state index contributed by atoms with van der Waals surface area (Å²) in [7, 11) is 0. The van der Waals surface area contributed by atoms with Crippen LogP contribution in [0.2, 0.25) is 0 Å². The lowest BCUT2D eigenvalue weighted by Gasteiger charge is -2.38. The summed E-state index contributed by atoms with van der Waals surface area (Å²) < 4.78 is 0. The molecule has 0 amide bonds. The Morgan fingerprint density at radius 2 is 2.00 bits per heavy atom. The van der Waals surface area contributed by atoms with Gasteiger partial charge in [0.05, 0.1) is 4.92 Å². The van der Waals surface area contributed by atoms with Gasteiger partial charge in [-0.15, -0.1) is 0 Å². The van der Waals surface area contributed by atoms with Gasteiger partial charge in [0, 0.05) is 37.4 Å². The summed E-state index contributed by atoms with van der Waals surface area (Å²) in [5.41, 5.74) is 6.77. The highest BCUT2D eigenvalue weighted by Crippen LogP contribution is 2.30. The van der Waals surface area contributed by atoms with Crippen molar-refractivity contribution in [3.8, 4) is 0 Å². The fourth-order valence-electron chi connectivity index (χ4n) is 3.15. The quantitative estimate of drug-likeness (QED) is 0.525. The molecule has 0 unspecified atom stereocenters. The van der Waals surface area contributed by atoms with Crippen LogP contribution in [0.4, 0.5) is 17.1 Å². The van der Waals surface area contributed by atoms with E-state index >= 15 is 0 Å². The van der Waals surface area contributed by atoms with E-state index in [0.717, 1.165) is 44.6 Å². The molecule has 112 valence electrons. The zero-order valence-corrected chi connectivity index (χ0v) is 11.9. The molecule has 6 nitrogen and oxygen atoms in total. The molecule has 0 atom stereocenters. The standard InChI is InChI=1S/C15H20N4O2/c16-14-4-3-13(11-15(14)19(20)21)18-9-5-12(6-10-18)17-7-1-2-8-17/h1,3-4,7,11-12H,2,5-6,8-10,16H2. The fraction of sp³-hybridized carbons (Fsp3) is 0.467. The normalized spacial score (nSPS) is 19.2. The molecule has 1 aromatic rings. The van der Waals surface area contributed by atoms with Crippen LogP contribution in [0.1, 0.15) is 19.3 Å². The Morgan fingerprint density at radius 1 is 1.24 bits per heavy atom. The zero-order valence-electron chi connectivity index (χ0n) is 11.9. The van der Waals surface area contributed by atoms with Crippen LogP contribution >= 0.6 is 0 Å². The number of piperidine rings is 1. The number of benzene rings is 1. The molecule has 21 heavy (non-hydrogen) atoms. The first-order valence-corrected chi connectivity index (χ1v) is 7.36. The largest absolute Gasteiger partial charge is 0.393 e. The Bertz CT molecular complexity index is 565. The van der Waals surface area contributed by atoms with E-state index in [1.54, 1.807) is 12.1 Å². The van der Waals surface area contributed by atoms with Gasteiger partial charge in [-0.05, 0) is 37.6 Å². The van der Waals surface area contributed by atoms with Crippen molar-refractivity contribution in [2.45, 2.75) is 25.3 Å². The molecule has 2 aliphatic heterocycles. The third kappa shape index (κ3) is 2.79. The van der Waals surface area contributed by atoms with Gasteiger partial charge in [0.1, 0.15) is 5.69 Å². The molecule has 2 N–H and O–H groups in total. The molecule has 0 aliphatic carbocycles. The molecule has 3 rings (SSSR count).